The zero-order valence-corrected chi connectivity index (χ0v) is 16.7. The van der Waals surface area contributed by atoms with Crippen molar-refractivity contribution in [3.8, 4) is 5.75 Å². The van der Waals surface area contributed by atoms with Crippen LogP contribution in [-0.2, 0) is 4.74 Å². The minimum atomic E-state index is -4.48. The van der Waals surface area contributed by atoms with Crippen LogP contribution in [0.3, 0.4) is 0 Å². The molecule has 1 aromatic rings. The van der Waals surface area contributed by atoms with Crippen molar-refractivity contribution >= 4 is 17.6 Å². The van der Waals surface area contributed by atoms with Gasteiger partial charge in [0.25, 0.3) is 5.91 Å². The van der Waals surface area contributed by atoms with E-state index in [1.807, 2.05) is 6.92 Å². The minimum absolute atomic E-state index is 0.0484. The summed E-state index contributed by atoms with van der Waals surface area (Å²) in [6.45, 7) is 2.45. The molecule has 10 heteroatoms. The molecule has 0 aromatic heterocycles. The summed E-state index contributed by atoms with van der Waals surface area (Å²) in [5.41, 5.74) is 0.230. The number of benzene rings is 1. The van der Waals surface area contributed by atoms with Crippen LogP contribution in [0.1, 0.15) is 48.5 Å². The van der Waals surface area contributed by atoms with Gasteiger partial charge in [-0.2, -0.15) is 18.2 Å². The Morgan fingerprint density at radius 3 is 2.60 bits per heavy atom. The molecule has 0 bridgehead atoms. The third-order valence-corrected chi connectivity index (χ3v) is 5.08. The van der Waals surface area contributed by atoms with E-state index in [1.54, 1.807) is 12.1 Å². The van der Waals surface area contributed by atoms with Crippen molar-refractivity contribution in [1.82, 2.24) is 5.32 Å². The van der Waals surface area contributed by atoms with Gasteiger partial charge in [-0.3, -0.25) is 10.2 Å². The van der Waals surface area contributed by atoms with Crippen LogP contribution in [0.5, 0.6) is 5.75 Å². The van der Waals surface area contributed by atoms with E-state index in [4.69, 9.17) is 20.0 Å². The second-order valence-corrected chi connectivity index (χ2v) is 8.07. The molecule has 1 saturated carbocycles. The Morgan fingerprint density at radius 2 is 2.10 bits per heavy atom. The second-order valence-electron chi connectivity index (χ2n) is 8.07. The summed E-state index contributed by atoms with van der Waals surface area (Å²) in [5.74, 6) is -0.613. The monoisotopic (exact) mass is 428 g/mol. The van der Waals surface area contributed by atoms with Gasteiger partial charge in [0.15, 0.2) is 12.4 Å². The van der Waals surface area contributed by atoms with E-state index in [2.05, 4.69) is 10.3 Å². The number of amidine groups is 1. The summed E-state index contributed by atoms with van der Waals surface area (Å²) < 4.78 is 48.1. The Bertz CT molecular complexity index is 857. The quantitative estimate of drug-likeness (QED) is 0.396. The number of aliphatic imine (C=N–C) groups is 1. The molecule has 1 aliphatic heterocycles. The number of halogens is 3. The fourth-order valence-electron chi connectivity index (χ4n) is 3.31. The Hall–Kier alpha value is -2.62. The molecule has 30 heavy (non-hydrogen) atoms. The van der Waals surface area contributed by atoms with Gasteiger partial charge in [0.1, 0.15) is 5.75 Å². The molecule has 1 aliphatic carbocycles. The lowest BCUT2D eigenvalue weighted by molar-refractivity contribution is -0.153. The minimum Gasteiger partial charge on any atom is -0.582 e. The third-order valence-electron chi connectivity index (χ3n) is 5.08. The summed E-state index contributed by atoms with van der Waals surface area (Å²) in [4.78, 5) is 16.7. The molecule has 2 aliphatic rings. The number of alkyl halides is 3. The van der Waals surface area contributed by atoms with E-state index in [0.717, 1.165) is 12.8 Å². The molecule has 7 nitrogen and oxygen atoms in total. The number of ether oxygens (including phenoxy) is 2. The van der Waals surface area contributed by atoms with E-state index in [9.17, 15) is 18.0 Å². The van der Waals surface area contributed by atoms with E-state index < -0.39 is 30.1 Å². The highest BCUT2D eigenvalue weighted by Gasteiger charge is 2.45. The summed E-state index contributed by atoms with van der Waals surface area (Å²) in [7, 11) is 0. The summed E-state index contributed by atoms with van der Waals surface area (Å²) in [6, 6.07) is 3.68. The molecular formula is C20H25F3N3O4+. The van der Waals surface area contributed by atoms with E-state index in [-0.39, 0.29) is 29.0 Å². The van der Waals surface area contributed by atoms with Crippen LogP contribution in [0.25, 0.3) is 0 Å². The smallest absolute Gasteiger partial charge is 0.422 e. The molecule has 3 rings (SSSR count). The van der Waals surface area contributed by atoms with Gasteiger partial charge in [0.2, 0.25) is 0 Å². The van der Waals surface area contributed by atoms with Gasteiger partial charge in [0.05, 0.1) is 26.2 Å². The van der Waals surface area contributed by atoms with Gasteiger partial charge in [-0.1, -0.05) is 13.0 Å². The van der Waals surface area contributed by atoms with Crippen LogP contribution >= 0.6 is 0 Å². The van der Waals surface area contributed by atoms with Crippen LogP contribution < -0.4 is 10.1 Å². The van der Waals surface area contributed by atoms with E-state index in [0.29, 0.717) is 18.8 Å². The predicted molar refractivity (Wildman–Crippen MR) is 105 cm³/mol. The average molecular weight is 428 g/mol. The lowest BCUT2D eigenvalue weighted by Crippen LogP contribution is -2.59. The van der Waals surface area contributed by atoms with Crippen LogP contribution in [0, 0.1) is 10.8 Å². The van der Waals surface area contributed by atoms with Gasteiger partial charge in [-0.05, 0) is 36.5 Å². The van der Waals surface area contributed by atoms with E-state index in [1.165, 1.54) is 13.0 Å². The SMILES string of the molecule is CC([OH2+])=NC(=N)C(NC(=O)c1ccc(C2CC2)c(OCC(F)(F)F)c1)C1(C)COC1. The lowest BCUT2D eigenvalue weighted by Gasteiger charge is -2.43. The van der Waals surface area contributed by atoms with Gasteiger partial charge in [-0.15, -0.1) is 0 Å². The number of nitrogens with zero attached hydrogens (tertiary/aromatic N) is 1. The van der Waals surface area contributed by atoms with Crippen molar-refractivity contribution in [2.75, 3.05) is 19.8 Å². The molecule has 1 heterocycles. The number of carbonyl (C=O) groups is 1. The highest BCUT2D eigenvalue weighted by molar-refractivity contribution is 6.01. The van der Waals surface area contributed by atoms with Crippen LogP contribution in [-0.4, -0.2) is 54.8 Å². The number of carbonyl (C=O) groups excluding carboxylic acids is 1. The van der Waals surface area contributed by atoms with Crippen LogP contribution in [0.15, 0.2) is 23.2 Å². The fraction of sp³-hybridized carbons (Fsp3) is 0.550. The highest BCUT2D eigenvalue weighted by atomic mass is 19.4. The van der Waals surface area contributed by atoms with Crippen molar-refractivity contribution < 1.29 is 32.5 Å². The molecule has 1 atom stereocenters. The van der Waals surface area contributed by atoms with Crippen LogP contribution in [0.4, 0.5) is 13.2 Å². The highest BCUT2D eigenvalue weighted by Crippen LogP contribution is 2.45. The third kappa shape index (κ3) is 5.29. The first-order chi connectivity index (χ1) is 14.0. The molecule has 164 valence electrons. The first-order valence-electron chi connectivity index (χ1n) is 9.56. The molecule has 2 fully saturated rings. The predicted octanol–water partition coefficient (Wildman–Crippen LogP) is 2.76. The summed E-state index contributed by atoms with van der Waals surface area (Å²) >= 11 is 0. The molecule has 0 spiro atoms. The Labute approximate surface area is 171 Å². The Balaban J connectivity index is 1.82. The molecule has 1 amide bonds. The van der Waals surface area contributed by atoms with Gasteiger partial charge >= 0.3 is 12.1 Å². The Kier molecular flexibility index (Phi) is 6.07. The molecule has 1 aromatic carbocycles. The lowest BCUT2D eigenvalue weighted by atomic mass is 9.79. The number of nitrogens with one attached hydrogen (secondary N) is 2. The maximum Gasteiger partial charge on any atom is 0.422 e. The fourth-order valence-corrected chi connectivity index (χ4v) is 3.31. The molecule has 1 saturated heterocycles. The molecular weight excluding hydrogens is 403 g/mol. The zero-order chi connectivity index (χ0) is 22.1. The van der Waals surface area contributed by atoms with Gasteiger partial charge < -0.3 is 19.9 Å². The largest absolute Gasteiger partial charge is 0.582 e. The second kappa shape index (κ2) is 8.25. The number of hydrogen-bond donors (Lipinski definition) is 2. The van der Waals surface area contributed by atoms with Crippen LogP contribution in [0.2, 0.25) is 0 Å². The standard InChI is InChI=1S/C20H24F3N3O4/c1-11(27)25-17(24)16(19(2)8-29-9-19)26-18(28)13-5-6-14(12-3-4-12)15(7-13)30-10-20(21,22)23/h5-7,12,16H,3-4,8-10H2,1-2H3,(H,26,28)(H2,24,25,27)/p+1. The molecule has 4 N–H and O–H groups in total. The zero-order valence-electron chi connectivity index (χ0n) is 16.7. The van der Waals surface area contributed by atoms with Crippen molar-refractivity contribution in [3.63, 3.8) is 0 Å². The van der Waals surface area contributed by atoms with Crippen molar-refractivity contribution in [3.05, 3.63) is 29.3 Å². The first kappa shape index (κ1) is 22.1. The summed E-state index contributed by atoms with van der Waals surface area (Å²) in [6.07, 6.45) is -2.74. The number of amides is 1. The number of rotatable bonds is 7. The maximum atomic E-state index is 12.9. The topological polar surface area (TPSA) is 107 Å². The number of hydrogen-bond acceptors (Lipinski definition) is 4. The average Bonchev–Trinajstić information content (AvgIpc) is 3.46. The molecule has 0 radical (unpaired) electrons. The van der Waals surface area contributed by atoms with Gasteiger partial charge in [-0.25, -0.2) is 0 Å². The first-order valence-corrected chi connectivity index (χ1v) is 9.56. The van der Waals surface area contributed by atoms with Crippen molar-refractivity contribution in [2.45, 2.75) is 44.8 Å². The van der Waals surface area contributed by atoms with Gasteiger partial charge in [0, 0.05) is 11.0 Å². The maximum absolute atomic E-state index is 12.9. The van der Waals surface area contributed by atoms with Crippen molar-refractivity contribution in [2.24, 2.45) is 10.4 Å². The Morgan fingerprint density at radius 1 is 1.43 bits per heavy atom. The molecule has 1 unspecified atom stereocenters. The van der Waals surface area contributed by atoms with Crippen molar-refractivity contribution in [1.29, 1.82) is 5.41 Å². The summed E-state index contributed by atoms with van der Waals surface area (Å²) in [5, 5.41) is 18.4. The normalized spacial score (nSPS) is 19.6. The van der Waals surface area contributed by atoms with E-state index >= 15 is 0 Å².